The van der Waals surface area contributed by atoms with E-state index in [1.807, 2.05) is 61.9 Å². The van der Waals surface area contributed by atoms with E-state index in [2.05, 4.69) is 51.2 Å². The first kappa shape index (κ1) is 27.4. The number of nitrogens with zero attached hydrogens (tertiary/aromatic N) is 3. The van der Waals surface area contributed by atoms with Crippen molar-refractivity contribution in [3.8, 4) is 5.69 Å². The summed E-state index contributed by atoms with van der Waals surface area (Å²) in [6.07, 6.45) is 0.817. The molecular formula is C26H35IN6O. The number of amides is 1. The molecule has 0 spiro atoms. The van der Waals surface area contributed by atoms with Crippen LogP contribution in [-0.2, 0) is 17.9 Å². The molecule has 34 heavy (non-hydrogen) atoms. The quantitative estimate of drug-likeness (QED) is 0.202. The van der Waals surface area contributed by atoms with Crippen LogP contribution in [0.2, 0.25) is 0 Å². The normalized spacial score (nSPS) is 12.0. The number of nitrogens with one attached hydrogen (secondary N) is 3. The maximum Gasteiger partial charge on any atom is 0.227 e. The van der Waals surface area contributed by atoms with Gasteiger partial charge in [-0.2, -0.15) is 5.10 Å². The maximum atomic E-state index is 12.2. The number of halogens is 1. The first-order valence-corrected chi connectivity index (χ1v) is 11.4. The number of aromatic nitrogens is 2. The van der Waals surface area contributed by atoms with E-state index in [4.69, 9.17) is 0 Å². The highest BCUT2D eigenvalue weighted by Crippen LogP contribution is 2.17. The zero-order valence-corrected chi connectivity index (χ0v) is 22.9. The Hall–Kier alpha value is -2.88. The second-order valence-electron chi connectivity index (χ2n) is 8.25. The minimum absolute atomic E-state index is 0. The molecule has 0 aliphatic carbocycles. The van der Waals surface area contributed by atoms with Crippen LogP contribution in [0.15, 0.2) is 59.6 Å². The molecule has 1 unspecified atom stereocenters. The number of aliphatic imine (C=N–C) groups is 1. The predicted octanol–water partition coefficient (Wildman–Crippen LogP) is 4.96. The minimum Gasteiger partial charge on any atom is -0.352 e. The van der Waals surface area contributed by atoms with Gasteiger partial charge in [-0.1, -0.05) is 44.2 Å². The summed E-state index contributed by atoms with van der Waals surface area (Å²) < 4.78 is 1.97. The second-order valence-corrected chi connectivity index (χ2v) is 8.25. The highest BCUT2D eigenvalue weighted by Gasteiger charge is 2.11. The maximum absolute atomic E-state index is 12.2. The first-order valence-electron chi connectivity index (χ1n) is 11.4. The van der Waals surface area contributed by atoms with Crippen LogP contribution in [0.5, 0.6) is 0 Å². The summed E-state index contributed by atoms with van der Waals surface area (Å²) in [7, 11) is 1.75. The Balaban J connectivity index is 0.00000408. The third-order valence-electron chi connectivity index (χ3n) is 5.61. The van der Waals surface area contributed by atoms with Gasteiger partial charge in [-0.25, -0.2) is 4.68 Å². The Morgan fingerprint density at radius 2 is 1.79 bits per heavy atom. The summed E-state index contributed by atoms with van der Waals surface area (Å²) >= 11 is 0. The molecule has 0 aliphatic heterocycles. The number of carbonyl (C=O) groups excluding carboxylic acids is 1. The van der Waals surface area contributed by atoms with Gasteiger partial charge in [0.15, 0.2) is 5.96 Å². The largest absolute Gasteiger partial charge is 0.352 e. The van der Waals surface area contributed by atoms with Gasteiger partial charge >= 0.3 is 0 Å². The lowest BCUT2D eigenvalue weighted by atomic mass is 10.1. The SMILES string of the molecule is CCC(C)C(=O)Nc1cccc(CNC(=NC)NCc2ccccc2-n2nc(C)cc2C)c1.I. The van der Waals surface area contributed by atoms with E-state index in [0.717, 1.165) is 40.3 Å². The lowest BCUT2D eigenvalue weighted by Gasteiger charge is -2.15. The number of aryl methyl sites for hydroxylation is 2. The predicted molar refractivity (Wildman–Crippen MR) is 150 cm³/mol. The van der Waals surface area contributed by atoms with Gasteiger partial charge in [0.25, 0.3) is 0 Å². The van der Waals surface area contributed by atoms with Crippen molar-refractivity contribution in [1.29, 1.82) is 0 Å². The van der Waals surface area contributed by atoms with Crippen molar-refractivity contribution < 1.29 is 4.79 Å². The molecule has 8 heteroatoms. The molecule has 0 saturated heterocycles. The van der Waals surface area contributed by atoms with Crippen LogP contribution in [0, 0.1) is 19.8 Å². The zero-order chi connectivity index (χ0) is 23.8. The van der Waals surface area contributed by atoms with Crippen molar-refractivity contribution in [3.05, 3.63) is 77.1 Å². The van der Waals surface area contributed by atoms with Crippen molar-refractivity contribution in [2.45, 2.75) is 47.2 Å². The van der Waals surface area contributed by atoms with Crippen LogP contribution in [0.1, 0.15) is 42.8 Å². The zero-order valence-electron chi connectivity index (χ0n) is 20.6. The average Bonchev–Trinajstić information content (AvgIpc) is 3.16. The second kappa shape index (κ2) is 13.1. The molecule has 0 radical (unpaired) electrons. The van der Waals surface area contributed by atoms with Gasteiger partial charge in [-0.3, -0.25) is 9.79 Å². The van der Waals surface area contributed by atoms with Crippen molar-refractivity contribution in [2.24, 2.45) is 10.9 Å². The molecule has 0 saturated carbocycles. The molecule has 3 aromatic rings. The van der Waals surface area contributed by atoms with E-state index in [-0.39, 0.29) is 35.8 Å². The van der Waals surface area contributed by atoms with E-state index in [0.29, 0.717) is 19.0 Å². The van der Waals surface area contributed by atoms with E-state index >= 15 is 0 Å². The summed E-state index contributed by atoms with van der Waals surface area (Å²) in [6, 6.07) is 18.2. The molecule has 0 aliphatic rings. The summed E-state index contributed by atoms with van der Waals surface area (Å²) in [4.78, 5) is 16.5. The third-order valence-corrected chi connectivity index (χ3v) is 5.61. The minimum atomic E-state index is -0.00729. The molecular weight excluding hydrogens is 539 g/mol. The van der Waals surface area contributed by atoms with Gasteiger partial charge in [-0.15, -0.1) is 24.0 Å². The lowest BCUT2D eigenvalue weighted by molar-refractivity contribution is -0.119. The highest BCUT2D eigenvalue weighted by atomic mass is 127. The third kappa shape index (κ3) is 7.31. The van der Waals surface area contributed by atoms with Crippen LogP contribution in [-0.4, -0.2) is 28.7 Å². The van der Waals surface area contributed by atoms with Gasteiger partial charge in [0, 0.05) is 37.4 Å². The molecule has 3 N–H and O–H groups in total. The fraction of sp³-hybridized carbons (Fsp3) is 0.346. The van der Waals surface area contributed by atoms with Gasteiger partial charge in [0.2, 0.25) is 5.91 Å². The molecule has 0 fully saturated rings. The molecule has 1 aromatic heterocycles. The van der Waals surface area contributed by atoms with E-state index < -0.39 is 0 Å². The van der Waals surface area contributed by atoms with Crippen LogP contribution in [0.3, 0.4) is 0 Å². The number of rotatable bonds is 8. The fourth-order valence-electron chi connectivity index (χ4n) is 3.53. The topological polar surface area (TPSA) is 83.3 Å². The van der Waals surface area contributed by atoms with Gasteiger partial charge in [0.05, 0.1) is 11.4 Å². The Morgan fingerprint density at radius 3 is 2.47 bits per heavy atom. The molecule has 3 rings (SSSR count). The fourth-order valence-corrected chi connectivity index (χ4v) is 3.53. The lowest BCUT2D eigenvalue weighted by Crippen LogP contribution is -2.36. The Morgan fingerprint density at radius 1 is 1.06 bits per heavy atom. The van der Waals surface area contributed by atoms with Crippen LogP contribution >= 0.6 is 24.0 Å². The number of guanidine groups is 1. The summed E-state index contributed by atoms with van der Waals surface area (Å²) in [6.45, 7) is 9.21. The molecule has 2 aromatic carbocycles. The molecule has 1 heterocycles. The van der Waals surface area contributed by atoms with Crippen LogP contribution in [0.25, 0.3) is 5.69 Å². The number of carbonyl (C=O) groups is 1. The monoisotopic (exact) mass is 574 g/mol. The van der Waals surface area contributed by atoms with E-state index in [9.17, 15) is 4.79 Å². The first-order chi connectivity index (χ1) is 15.9. The molecule has 7 nitrogen and oxygen atoms in total. The smallest absolute Gasteiger partial charge is 0.227 e. The molecule has 0 bridgehead atoms. The molecule has 1 atom stereocenters. The summed E-state index contributed by atoms with van der Waals surface area (Å²) in [5.41, 5.74) is 6.14. The molecule has 1 amide bonds. The number of para-hydroxylation sites is 1. The van der Waals surface area contributed by atoms with Gasteiger partial charge in [0.1, 0.15) is 0 Å². The standard InChI is InChI=1S/C26H34N6O.HI/c1-6-18(2)25(33)30-23-12-9-10-21(15-23)16-28-26(27-5)29-17-22-11-7-8-13-24(22)32-20(4)14-19(3)31-32;/h7-15,18H,6,16-17H2,1-5H3,(H,30,33)(H2,27,28,29);1H. The van der Waals surface area contributed by atoms with Gasteiger partial charge < -0.3 is 16.0 Å². The number of anilines is 1. The van der Waals surface area contributed by atoms with E-state index in [1.54, 1.807) is 7.05 Å². The van der Waals surface area contributed by atoms with Crippen LogP contribution in [0.4, 0.5) is 5.69 Å². The van der Waals surface area contributed by atoms with Crippen molar-refractivity contribution in [2.75, 3.05) is 12.4 Å². The van der Waals surface area contributed by atoms with Crippen molar-refractivity contribution >= 4 is 41.5 Å². The Bertz CT molecular complexity index is 1120. The number of hydrogen-bond acceptors (Lipinski definition) is 3. The van der Waals surface area contributed by atoms with E-state index in [1.165, 1.54) is 0 Å². The van der Waals surface area contributed by atoms with Crippen molar-refractivity contribution in [1.82, 2.24) is 20.4 Å². The summed E-state index contributed by atoms with van der Waals surface area (Å²) in [5, 5.41) is 14.3. The average molecular weight is 575 g/mol. The Labute approximate surface area is 219 Å². The molecule has 182 valence electrons. The van der Waals surface area contributed by atoms with Crippen molar-refractivity contribution in [3.63, 3.8) is 0 Å². The Kier molecular flexibility index (Phi) is 10.6. The highest BCUT2D eigenvalue weighted by molar-refractivity contribution is 14.0. The number of hydrogen-bond donors (Lipinski definition) is 3. The van der Waals surface area contributed by atoms with Crippen LogP contribution < -0.4 is 16.0 Å². The van der Waals surface area contributed by atoms with Gasteiger partial charge in [-0.05, 0) is 55.7 Å². The number of benzene rings is 2. The summed E-state index contributed by atoms with van der Waals surface area (Å²) in [5.74, 6) is 0.737.